The van der Waals surface area contributed by atoms with Crippen LogP contribution in [0.1, 0.15) is 10.4 Å². The summed E-state index contributed by atoms with van der Waals surface area (Å²) in [5, 5.41) is 43.6. The van der Waals surface area contributed by atoms with Crippen LogP contribution in [0.25, 0.3) is 0 Å². The molecule has 0 heterocycles. The lowest BCUT2D eigenvalue weighted by Crippen LogP contribution is -2.35. The zero-order valence-electron chi connectivity index (χ0n) is 13.6. The van der Waals surface area contributed by atoms with Crippen LogP contribution in [0.5, 0.6) is 0 Å². The number of aliphatic hydroxyl groups excluding tert-OH is 4. The van der Waals surface area contributed by atoms with E-state index in [0.717, 1.165) is 0 Å². The molecule has 27 heavy (non-hydrogen) atoms. The summed E-state index contributed by atoms with van der Waals surface area (Å²) < 4.78 is 1.10. The monoisotopic (exact) mass is 719 g/mol. The maximum Gasteiger partial charge on any atom is 0.253 e. The molecule has 0 fully saturated rings. The molecule has 1 aromatic rings. The number of nitrogens with one attached hydrogen (secondary N) is 3. The Kier molecular flexibility index (Phi) is 10.6. The third-order valence-corrected chi connectivity index (χ3v) is 6.31. The van der Waals surface area contributed by atoms with Crippen molar-refractivity contribution >= 4 is 96.9 Å². The van der Waals surface area contributed by atoms with Gasteiger partial charge in [0.05, 0.1) is 40.4 Å². The summed E-state index contributed by atoms with van der Waals surface area (Å²) in [5.74, 6) is -2.03. The summed E-state index contributed by atoms with van der Waals surface area (Å²) in [6, 6.07) is 0. The second-order valence-corrected chi connectivity index (χ2v) is 8.26. The van der Waals surface area contributed by atoms with E-state index in [0.29, 0.717) is 10.7 Å². The number of anilines is 2. The van der Waals surface area contributed by atoms with Gasteiger partial charge in [0.15, 0.2) is 0 Å². The van der Waals surface area contributed by atoms with Gasteiger partial charge in [0.2, 0.25) is 11.8 Å². The number of benzene rings is 1. The largest absolute Gasteiger partial charge is 0.394 e. The fourth-order valence-corrected chi connectivity index (χ4v) is 6.00. The van der Waals surface area contributed by atoms with E-state index in [1.807, 2.05) is 67.8 Å². The first-order valence-corrected chi connectivity index (χ1v) is 10.5. The SMILES string of the molecule is O=C(CO)Nc1c(I)c(NC(=O)CO)c(I)c(C(=O)NCC(O)CO)c1I. The first-order valence-electron chi connectivity index (χ1n) is 7.26. The molecule has 3 amide bonds. The molecule has 1 rings (SSSR count). The quantitative estimate of drug-likeness (QED) is 0.177. The molecule has 150 valence electrons. The highest BCUT2D eigenvalue weighted by atomic mass is 127. The van der Waals surface area contributed by atoms with Crippen molar-refractivity contribution in [2.75, 3.05) is 37.0 Å². The maximum absolute atomic E-state index is 12.6. The van der Waals surface area contributed by atoms with Crippen LogP contribution in [0.15, 0.2) is 0 Å². The zero-order valence-corrected chi connectivity index (χ0v) is 20.0. The van der Waals surface area contributed by atoms with E-state index in [1.165, 1.54) is 0 Å². The molecule has 1 aromatic carbocycles. The molecule has 0 spiro atoms. The second kappa shape index (κ2) is 11.6. The first kappa shape index (κ1) is 24.7. The number of hydrogen-bond donors (Lipinski definition) is 7. The van der Waals surface area contributed by atoms with Crippen LogP contribution in [0, 0.1) is 10.7 Å². The Bertz CT molecular complexity index is 700. The number of halogens is 3. The Morgan fingerprint density at radius 2 is 1.30 bits per heavy atom. The highest BCUT2D eigenvalue weighted by Gasteiger charge is 2.26. The summed E-state index contributed by atoms with van der Waals surface area (Å²) >= 11 is 5.55. The standard InChI is InChI=1S/C14H16I3N3O7/c15-9-8(14(27)18-1-5(24)2-21)10(16)13(20-7(26)4-23)11(17)12(9)19-6(25)3-22/h5,21-24H,1-4H2,(H,18,27)(H,19,25)(H,20,26). The van der Waals surface area contributed by atoms with Gasteiger partial charge in [-0.3, -0.25) is 14.4 Å². The van der Waals surface area contributed by atoms with Crippen LogP contribution in [0.4, 0.5) is 11.4 Å². The molecule has 0 saturated heterocycles. The Hall–Kier alpha value is -0.340. The molecule has 0 aromatic heterocycles. The van der Waals surface area contributed by atoms with Gasteiger partial charge >= 0.3 is 0 Å². The molecule has 0 saturated carbocycles. The maximum atomic E-state index is 12.6. The van der Waals surface area contributed by atoms with Crippen molar-refractivity contribution in [3.63, 3.8) is 0 Å². The fraction of sp³-hybridized carbons (Fsp3) is 0.357. The van der Waals surface area contributed by atoms with Gasteiger partial charge in [0, 0.05) is 6.54 Å². The van der Waals surface area contributed by atoms with Crippen LogP contribution in [-0.2, 0) is 9.59 Å². The summed E-state index contributed by atoms with van der Waals surface area (Å²) in [6.07, 6.45) is -1.14. The van der Waals surface area contributed by atoms with Crippen molar-refractivity contribution in [3.05, 3.63) is 16.3 Å². The van der Waals surface area contributed by atoms with Gasteiger partial charge in [0.1, 0.15) is 13.2 Å². The van der Waals surface area contributed by atoms with E-state index >= 15 is 0 Å². The van der Waals surface area contributed by atoms with Crippen LogP contribution < -0.4 is 16.0 Å². The molecule has 0 aliphatic heterocycles. The van der Waals surface area contributed by atoms with E-state index in [4.69, 9.17) is 15.3 Å². The van der Waals surface area contributed by atoms with Crippen molar-refractivity contribution in [1.29, 1.82) is 0 Å². The molecule has 1 unspecified atom stereocenters. The Labute approximate surface area is 194 Å². The molecule has 13 heteroatoms. The molecule has 10 nitrogen and oxygen atoms in total. The van der Waals surface area contributed by atoms with Crippen molar-refractivity contribution in [2.24, 2.45) is 0 Å². The Morgan fingerprint density at radius 3 is 1.67 bits per heavy atom. The van der Waals surface area contributed by atoms with Crippen molar-refractivity contribution in [3.8, 4) is 0 Å². The van der Waals surface area contributed by atoms with Crippen molar-refractivity contribution in [2.45, 2.75) is 6.10 Å². The zero-order chi connectivity index (χ0) is 20.7. The van der Waals surface area contributed by atoms with E-state index in [1.54, 1.807) is 0 Å². The molecule has 0 aliphatic carbocycles. The minimum atomic E-state index is -1.14. The molecule has 0 radical (unpaired) electrons. The predicted octanol–water partition coefficient (Wildman–Crippen LogP) is -0.555. The number of carbonyl (C=O) groups is 3. The molecule has 0 bridgehead atoms. The lowest BCUT2D eigenvalue weighted by molar-refractivity contribution is -0.119. The number of carbonyl (C=O) groups excluding carboxylic acids is 3. The van der Waals surface area contributed by atoms with Crippen molar-refractivity contribution < 1.29 is 34.8 Å². The normalized spacial score (nSPS) is 11.7. The average Bonchev–Trinajstić information content (AvgIpc) is 2.65. The minimum Gasteiger partial charge on any atom is -0.394 e. The topological polar surface area (TPSA) is 168 Å². The van der Waals surface area contributed by atoms with Gasteiger partial charge in [-0.25, -0.2) is 0 Å². The average molecular weight is 719 g/mol. The summed E-state index contributed by atoms with van der Waals surface area (Å²) in [7, 11) is 0. The van der Waals surface area contributed by atoms with Crippen LogP contribution in [0.3, 0.4) is 0 Å². The van der Waals surface area contributed by atoms with Gasteiger partial charge in [-0.15, -0.1) is 0 Å². The molecule has 1 atom stereocenters. The number of amides is 3. The van der Waals surface area contributed by atoms with Crippen LogP contribution >= 0.6 is 67.8 Å². The van der Waals surface area contributed by atoms with Gasteiger partial charge < -0.3 is 36.4 Å². The lowest BCUT2D eigenvalue weighted by atomic mass is 10.1. The predicted molar refractivity (Wildman–Crippen MR) is 121 cm³/mol. The summed E-state index contributed by atoms with van der Waals surface area (Å²) in [6.45, 7) is -2.29. The number of aliphatic hydroxyl groups is 4. The Morgan fingerprint density at radius 1 is 0.852 bits per heavy atom. The van der Waals surface area contributed by atoms with E-state index in [-0.39, 0.29) is 23.5 Å². The Balaban J connectivity index is 3.48. The summed E-state index contributed by atoms with van der Waals surface area (Å²) in [4.78, 5) is 35.9. The van der Waals surface area contributed by atoms with Gasteiger partial charge in [-0.05, 0) is 67.8 Å². The number of rotatable bonds is 8. The third-order valence-electron chi connectivity index (χ3n) is 3.07. The molecule has 0 aliphatic rings. The lowest BCUT2D eigenvalue weighted by Gasteiger charge is -2.20. The van der Waals surface area contributed by atoms with Gasteiger partial charge in [-0.2, -0.15) is 0 Å². The van der Waals surface area contributed by atoms with Crippen molar-refractivity contribution in [1.82, 2.24) is 5.32 Å². The second-order valence-electron chi connectivity index (χ2n) is 5.03. The fourth-order valence-electron chi connectivity index (χ4n) is 1.80. The molecular formula is C14H16I3N3O7. The molecule has 7 N–H and O–H groups in total. The highest BCUT2D eigenvalue weighted by molar-refractivity contribution is 14.1. The number of hydrogen-bond acceptors (Lipinski definition) is 7. The molecular weight excluding hydrogens is 703 g/mol. The first-order chi connectivity index (χ1) is 12.7. The van der Waals surface area contributed by atoms with E-state index < -0.39 is 43.6 Å². The van der Waals surface area contributed by atoms with Gasteiger partial charge in [0.25, 0.3) is 5.91 Å². The van der Waals surface area contributed by atoms with E-state index in [2.05, 4.69) is 16.0 Å². The smallest absolute Gasteiger partial charge is 0.253 e. The van der Waals surface area contributed by atoms with E-state index in [9.17, 15) is 19.5 Å². The van der Waals surface area contributed by atoms with Gasteiger partial charge in [-0.1, -0.05) is 0 Å². The minimum absolute atomic E-state index is 0.114. The van der Waals surface area contributed by atoms with Crippen LogP contribution in [0.2, 0.25) is 0 Å². The summed E-state index contributed by atoms with van der Waals surface area (Å²) in [5.41, 5.74) is 0.525. The van der Waals surface area contributed by atoms with Crippen LogP contribution in [-0.4, -0.2) is 70.6 Å². The third kappa shape index (κ3) is 6.60. The highest BCUT2D eigenvalue weighted by Crippen LogP contribution is 2.38.